The van der Waals surface area contributed by atoms with Gasteiger partial charge in [0, 0.05) is 58.0 Å². The molecule has 1 saturated heterocycles. The summed E-state index contributed by atoms with van der Waals surface area (Å²) in [5.41, 5.74) is -0.0629. The van der Waals surface area contributed by atoms with Gasteiger partial charge in [-0.2, -0.15) is 13.2 Å². The lowest BCUT2D eigenvalue weighted by Crippen LogP contribution is -2.47. The van der Waals surface area contributed by atoms with Gasteiger partial charge in [0.2, 0.25) is 0 Å². The monoisotopic (exact) mass is 633 g/mol. The van der Waals surface area contributed by atoms with Crippen LogP contribution >= 0.6 is 0 Å². The Morgan fingerprint density at radius 3 is 2.29 bits per heavy atom. The number of amides is 2. The van der Waals surface area contributed by atoms with Crippen LogP contribution < -0.4 is 15.4 Å². The molecule has 242 valence electrons. The van der Waals surface area contributed by atoms with Crippen LogP contribution in [0.3, 0.4) is 0 Å². The molecule has 0 aliphatic carbocycles. The molecule has 4 rings (SSSR count). The summed E-state index contributed by atoms with van der Waals surface area (Å²) in [5, 5.41) is 4.64. The zero-order valence-electron chi connectivity index (χ0n) is 25.4. The first-order valence-electron chi connectivity index (χ1n) is 14.3. The number of benzene rings is 1. The van der Waals surface area contributed by atoms with E-state index in [0.717, 1.165) is 6.07 Å². The van der Waals surface area contributed by atoms with Crippen molar-refractivity contribution in [3.8, 4) is 17.1 Å². The SMILES string of the molecule is CCOc1cc(-c2ncc(NC(=O)Nc3cc(C(F)(F)F)c(CN4CCN(CCOC(C)=O)CC4)cc3F)c(C)n2)cnc1C. The molecule has 45 heavy (non-hydrogen) atoms. The predicted octanol–water partition coefficient (Wildman–Crippen LogP) is 5.04. The summed E-state index contributed by atoms with van der Waals surface area (Å²) in [6, 6.07) is 2.20. The van der Waals surface area contributed by atoms with E-state index in [9.17, 15) is 22.8 Å². The van der Waals surface area contributed by atoms with Crippen LogP contribution in [0.1, 0.15) is 36.4 Å². The van der Waals surface area contributed by atoms with Gasteiger partial charge in [0.1, 0.15) is 18.2 Å². The van der Waals surface area contributed by atoms with Crippen molar-refractivity contribution in [3.63, 3.8) is 0 Å². The molecule has 15 heteroatoms. The van der Waals surface area contributed by atoms with Crippen LogP contribution in [0.4, 0.5) is 33.7 Å². The number of nitrogens with one attached hydrogen (secondary N) is 2. The summed E-state index contributed by atoms with van der Waals surface area (Å²) in [5.74, 6) is -0.475. The number of hydrogen-bond donors (Lipinski definition) is 2. The average Bonchev–Trinajstić information content (AvgIpc) is 2.97. The van der Waals surface area contributed by atoms with E-state index in [1.807, 2.05) is 11.8 Å². The third-order valence-corrected chi connectivity index (χ3v) is 7.14. The lowest BCUT2D eigenvalue weighted by Gasteiger charge is -2.35. The Bertz CT molecular complexity index is 1530. The van der Waals surface area contributed by atoms with Crippen molar-refractivity contribution >= 4 is 23.4 Å². The van der Waals surface area contributed by atoms with Gasteiger partial charge in [0.05, 0.1) is 41.1 Å². The number of piperazine rings is 1. The maximum atomic E-state index is 15.1. The van der Waals surface area contributed by atoms with Gasteiger partial charge in [-0.25, -0.2) is 19.2 Å². The van der Waals surface area contributed by atoms with Crippen molar-refractivity contribution in [2.75, 3.05) is 56.6 Å². The topological polar surface area (TPSA) is 122 Å². The second-order valence-electron chi connectivity index (χ2n) is 10.5. The van der Waals surface area contributed by atoms with E-state index in [2.05, 4.69) is 25.6 Å². The largest absolute Gasteiger partial charge is 0.492 e. The summed E-state index contributed by atoms with van der Waals surface area (Å²) < 4.78 is 67.7. The second kappa shape index (κ2) is 14.6. The van der Waals surface area contributed by atoms with Crippen molar-refractivity contribution < 1.29 is 36.6 Å². The number of aryl methyl sites for hydroxylation is 2. The summed E-state index contributed by atoms with van der Waals surface area (Å²) in [6.07, 6.45) is -1.85. The quantitative estimate of drug-likeness (QED) is 0.234. The molecular formula is C30H35F4N7O4. The van der Waals surface area contributed by atoms with Crippen LogP contribution in [0.2, 0.25) is 0 Å². The van der Waals surface area contributed by atoms with Gasteiger partial charge >= 0.3 is 18.2 Å². The Morgan fingerprint density at radius 1 is 0.956 bits per heavy atom. The molecule has 3 heterocycles. The van der Waals surface area contributed by atoms with Gasteiger partial charge in [-0.05, 0) is 44.5 Å². The van der Waals surface area contributed by atoms with E-state index in [4.69, 9.17) is 9.47 Å². The molecule has 2 aromatic heterocycles. The maximum absolute atomic E-state index is 15.1. The number of esters is 1. The first-order chi connectivity index (χ1) is 21.3. The number of carbonyl (C=O) groups is 2. The second-order valence-corrected chi connectivity index (χ2v) is 10.5. The molecule has 0 bridgehead atoms. The average molecular weight is 634 g/mol. The van der Waals surface area contributed by atoms with E-state index < -0.39 is 29.3 Å². The minimum Gasteiger partial charge on any atom is -0.492 e. The molecule has 1 aliphatic rings. The smallest absolute Gasteiger partial charge is 0.416 e. The molecule has 1 aliphatic heterocycles. The number of nitrogens with zero attached hydrogens (tertiary/aromatic N) is 5. The van der Waals surface area contributed by atoms with E-state index in [1.165, 1.54) is 13.1 Å². The van der Waals surface area contributed by atoms with Crippen LogP contribution in [0, 0.1) is 19.7 Å². The molecule has 0 unspecified atom stereocenters. The van der Waals surface area contributed by atoms with Crippen LogP contribution in [0.25, 0.3) is 11.4 Å². The normalized spacial score (nSPS) is 14.2. The number of pyridine rings is 1. The van der Waals surface area contributed by atoms with Crippen molar-refractivity contribution in [2.24, 2.45) is 0 Å². The van der Waals surface area contributed by atoms with E-state index in [0.29, 0.717) is 73.9 Å². The molecule has 1 fully saturated rings. The van der Waals surface area contributed by atoms with Crippen LogP contribution in [-0.2, 0) is 22.3 Å². The zero-order chi connectivity index (χ0) is 32.7. The van der Waals surface area contributed by atoms with Crippen molar-refractivity contribution in [3.05, 3.63) is 58.9 Å². The van der Waals surface area contributed by atoms with Gasteiger partial charge in [-0.1, -0.05) is 0 Å². The summed E-state index contributed by atoms with van der Waals surface area (Å²) >= 11 is 0. The number of aromatic nitrogens is 3. The van der Waals surface area contributed by atoms with Crippen molar-refractivity contribution in [1.29, 1.82) is 0 Å². The number of rotatable bonds is 10. The third kappa shape index (κ3) is 9.08. The van der Waals surface area contributed by atoms with Crippen molar-refractivity contribution in [1.82, 2.24) is 24.8 Å². The Labute approximate surface area is 258 Å². The number of halogens is 4. The first kappa shape index (κ1) is 33.5. The zero-order valence-corrected chi connectivity index (χ0v) is 25.4. The molecule has 0 spiro atoms. The van der Waals surface area contributed by atoms with Crippen molar-refractivity contribution in [2.45, 2.75) is 40.4 Å². The van der Waals surface area contributed by atoms with Gasteiger partial charge in [0.15, 0.2) is 5.82 Å². The van der Waals surface area contributed by atoms with E-state index >= 15 is 4.39 Å². The van der Waals surface area contributed by atoms with Gasteiger partial charge < -0.3 is 20.1 Å². The maximum Gasteiger partial charge on any atom is 0.416 e. The molecule has 2 N–H and O–H groups in total. The summed E-state index contributed by atoms with van der Waals surface area (Å²) in [4.78, 5) is 40.4. The predicted molar refractivity (Wildman–Crippen MR) is 158 cm³/mol. The number of carbonyl (C=O) groups excluding carboxylic acids is 2. The van der Waals surface area contributed by atoms with Crippen LogP contribution in [-0.4, -0.2) is 82.7 Å². The molecule has 0 atom stereocenters. The number of anilines is 2. The molecular weight excluding hydrogens is 598 g/mol. The molecule has 1 aromatic carbocycles. The number of alkyl halides is 3. The van der Waals surface area contributed by atoms with Gasteiger partial charge in [-0.15, -0.1) is 0 Å². The van der Waals surface area contributed by atoms with Crippen LogP contribution in [0.5, 0.6) is 5.75 Å². The number of ether oxygens (including phenoxy) is 2. The van der Waals surface area contributed by atoms with Crippen LogP contribution in [0.15, 0.2) is 30.6 Å². The Balaban J connectivity index is 1.42. The lowest BCUT2D eigenvalue weighted by atomic mass is 10.0. The minimum atomic E-state index is -4.78. The first-order valence-corrected chi connectivity index (χ1v) is 14.3. The fourth-order valence-electron chi connectivity index (χ4n) is 4.78. The molecule has 2 amide bonds. The fourth-order valence-corrected chi connectivity index (χ4v) is 4.78. The molecule has 0 saturated carbocycles. The van der Waals surface area contributed by atoms with Gasteiger partial charge in [0.25, 0.3) is 0 Å². The summed E-state index contributed by atoms with van der Waals surface area (Å²) in [7, 11) is 0. The standard InChI is InChI=1S/C30H35F4N7O4/c1-5-44-27-13-21(15-35-19(27)3)28-36-16-26(18(2)37-28)39-29(43)38-25-14-23(30(32,33)34)22(12-24(25)31)17-41-8-6-40(7-9-41)10-11-45-20(4)42/h12-16H,5-11,17H2,1-4H3,(H2,38,39,43). The molecule has 11 nitrogen and oxygen atoms in total. The Kier molecular flexibility index (Phi) is 10.9. The third-order valence-electron chi connectivity index (χ3n) is 7.14. The minimum absolute atomic E-state index is 0.124. The fraction of sp³-hybridized carbons (Fsp3) is 0.433. The van der Waals surface area contributed by atoms with E-state index in [1.54, 1.807) is 31.0 Å². The Hall–Kier alpha value is -4.37. The number of hydrogen-bond acceptors (Lipinski definition) is 9. The molecule has 3 aromatic rings. The number of urea groups is 1. The summed E-state index contributed by atoms with van der Waals surface area (Å²) in [6.45, 7) is 9.71. The highest BCUT2D eigenvalue weighted by Crippen LogP contribution is 2.36. The van der Waals surface area contributed by atoms with E-state index in [-0.39, 0.29) is 30.4 Å². The highest BCUT2D eigenvalue weighted by molar-refractivity contribution is 6.00. The molecule has 0 radical (unpaired) electrons. The highest BCUT2D eigenvalue weighted by atomic mass is 19.4. The Morgan fingerprint density at radius 2 is 1.64 bits per heavy atom. The van der Waals surface area contributed by atoms with Gasteiger partial charge in [-0.3, -0.25) is 19.6 Å². The lowest BCUT2D eigenvalue weighted by molar-refractivity contribution is -0.141. The highest BCUT2D eigenvalue weighted by Gasteiger charge is 2.35.